The monoisotopic (exact) mass is 319 g/mol. The second kappa shape index (κ2) is 5.04. The van der Waals surface area contributed by atoms with Gasteiger partial charge in [0.2, 0.25) is 5.89 Å². The third-order valence-electron chi connectivity index (χ3n) is 3.36. The smallest absolute Gasteiger partial charge is 0.227 e. The molecule has 0 aliphatic carbocycles. The van der Waals surface area contributed by atoms with Crippen LogP contribution in [0.25, 0.3) is 22.6 Å². The normalized spacial score (nSPS) is 12.0. The van der Waals surface area contributed by atoms with Gasteiger partial charge in [-0.3, -0.25) is 0 Å². The van der Waals surface area contributed by atoms with E-state index in [0.717, 1.165) is 16.7 Å². The van der Waals surface area contributed by atoms with Gasteiger partial charge in [0.15, 0.2) is 5.58 Å². The van der Waals surface area contributed by atoms with Crippen LogP contribution in [0.1, 0.15) is 26.3 Å². The number of fused-ring (bicyclic) bond motifs is 1. The summed E-state index contributed by atoms with van der Waals surface area (Å²) in [5, 5.41) is 1.13. The predicted molar refractivity (Wildman–Crippen MR) is 88.2 cm³/mol. The van der Waals surface area contributed by atoms with Gasteiger partial charge in [-0.1, -0.05) is 50.0 Å². The zero-order valence-electron chi connectivity index (χ0n) is 12.1. The lowest BCUT2D eigenvalue weighted by Gasteiger charge is -2.18. The highest BCUT2D eigenvalue weighted by Gasteiger charge is 2.16. The topological polar surface area (TPSA) is 26.0 Å². The van der Waals surface area contributed by atoms with Gasteiger partial charge in [0.05, 0.1) is 0 Å². The molecule has 0 N–H and O–H groups in total. The molecule has 3 aromatic rings. The molecule has 0 aliphatic rings. The first kappa shape index (κ1) is 14.4. The maximum atomic E-state index is 6.03. The van der Waals surface area contributed by atoms with E-state index >= 15 is 0 Å². The van der Waals surface area contributed by atoms with E-state index in [1.807, 2.05) is 12.1 Å². The van der Waals surface area contributed by atoms with E-state index < -0.39 is 0 Å². The molecule has 0 aliphatic heterocycles. The minimum Gasteiger partial charge on any atom is -0.436 e. The first-order valence-electron chi connectivity index (χ1n) is 6.70. The van der Waals surface area contributed by atoms with Crippen LogP contribution >= 0.6 is 23.2 Å². The van der Waals surface area contributed by atoms with Crippen LogP contribution in [0.2, 0.25) is 10.0 Å². The van der Waals surface area contributed by atoms with E-state index in [9.17, 15) is 0 Å². The van der Waals surface area contributed by atoms with Crippen LogP contribution in [0, 0.1) is 0 Å². The van der Waals surface area contributed by atoms with Gasteiger partial charge < -0.3 is 4.42 Å². The van der Waals surface area contributed by atoms with Crippen LogP contribution in [0.15, 0.2) is 40.8 Å². The number of aromatic nitrogens is 1. The quantitative estimate of drug-likeness (QED) is 0.541. The van der Waals surface area contributed by atoms with Crippen LogP contribution in [0.5, 0.6) is 0 Å². The maximum absolute atomic E-state index is 6.03. The molecule has 1 aromatic heterocycles. The van der Waals surface area contributed by atoms with Crippen molar-refractivity contribution in [2.24, 2.45) is 0 Å². The summed E-state index contributed by atoms with van der Waals surface area (Å²) < 4.78 is 5.87. The lowest BCUT2D eigenvalue weighted by molar-refractivity contribution is 0.584. The van der Waals surface area contributed by atoms with Crippen LogP contribution < -0.4 is 0 Å². The number of hydrogen-bond donors (Lipinski definition) is 0. The number of hydrogen-bond acceptors (Lipinski definition) is 2. The second-order valence-corrected chi connectivity index (χ2v) is 6.98. The van der Waals surface area contributed by atoms with E-state index in [-0.39, 0.29) is 5.41 Å². The molecule has 108 valence electrons. The van der Waals surface area contributed by atoms with Gasteiger partial charge in [-0.25, -0.2) is 4.98 Å². The molecule has 0 fully saturated rings. The summed E-state index contributed by atoms with van der Waals surface area (Å²) in [6.45, 7) is 6.51. The third-order valence-corrected chi connectivity index (χ3v) is 3.80. The van der Waals surface area contributed by atoms with E-state index in [4.69, 9.17) is 27.6 Å². The first-order chi connectivity index (χ1) is 9.83. The van der Waals surface area contributed by atoms with Gasteiger partial charge >= 0.3 is 0 Å². The molecule has 0 amide bonds. The molecule has 4 heteroatoms. The highest BCUT2D eigenvalue weighted by atomic mass is 35.5. The molecule has 0 bridgehead atoms. The van der Waals surface area contributed by atoms with Gasteiger partial charge in [-0.2, -0.15) is 0 Å². The standard InChI is InChI=1S/C17H15Cl2NO/c1-17(2,3)11-4-5-14-15(8-11)21-16(20-14)10-6-12(18)9-13(19)7-10/h4-9H,1-3H3. The predicted octanol–water partition coefficient (Wildman–Crippen LogP) is 6.10. The summed E-state index contributed by atoms with van der Waals surface area (Å²) in [5.74, 6) is 0.528. The Balaban J connectivity index is 2.13. The van der Waals surface area contributed by atoms with E-state index in [2.05, 4.69) is 31.8 Å². The van der Waals surface area contributed by atoms with Crippen molar-refractivity contribution >= 4 is 34.3 Å². The average Bonchev–Trinajstić information content (AvgIpc) is 2.79. The Kier molecular flexibility index (Phi) is 3.46. The molecule has 1 heterocycles. The fourth-order valence-corrected chi connectivity index (χ4v) is 2.72. The molecule has 0 saturated heterocycles. The summed E-state index contributed by atoms with van der Waals surface area (Å²) in [5.41, 5.74) is 3.66. The van der Waals surface area contributed by atoms with Crippen molar-refractivity contribution in [2.75, 3.05) is 0 Å². The molecule has 0 atom stereocenters. The van der Waals surface area contributed by atoms with Crippen molar-refractivity contribution in [1.82, 2.24) is 4.98 Å². The minimum atomic E-state index is 0.0699. The minimum absolute atomic E-state index is 0.0699. The third kappa shape index (κ3) is 2.92. The molecule has 0 unspecified atom stereocenters. The molecule has 2 aromatic carbocycles. The first-order valence-corrected chi connectivity index (χ1v) is 7.46. The van der Waals surface area contributed by atoms with Crippen molar-refractivity contribution in [3.05, 3.63) is 52.0 Å². The summed E-state index contributed by atoms with van der Waals surface area (Å²) in [6, 6.07) is 11.4. The molecule has 0 spiro atoms. The van der Waals surface area contributed by atoms with Crippen molar-refractivity contribution in [1.29, 1.82) is 0 Å². The lowest BCUT2D eigenvalue weighted by Crippen LogP contribution is -2.10. The largest absolute Gasteiger partial charge is 0.436 e. The van der Waals surface area contributed by atoms with Crippen molar-refractivity contribution in [2.45, 2.75) is 26.2 Å². The van der Waals surface area contributed by atoms with Gasteiger partial charge in [-0.15, -0.1) is 0 Å². The van der Waals surface area contributed by atoms with E-state index in [1.54, 1.807) is 18.2 Å². The lowest BCUT2D eigenvalue weighted by atomic mass is 9.87. The molecule has 0 radical (unpaired) electrons. The SMILES string of the molecule is CC(C)(C)c1ccc2nc(-c3cc(Cl)cc(Cl)c3)oc2c1. The number of rotatable bonds is 1. The number of benzene rings is 2. The Labute approximate surface area is 133 Å². The highest BCUT2D eigenvalue weighted by Crippen LogP contribution is 2.31. The molecule has 21 heavy (non-hydrogen) atoms. The van der Waals surface area contributed by atoms with E-state index in [1.165, 1.54) is 5.56 Å². The Morgan fingerprint density at radius 2 is 1.62 bits per heavy atom. The Morgan fingerprint density at radius 3 is 2.24 bits per heavy atom. The second-order valence-electron chi connectivity index (χ2n) is 6.11. The summed E-state index contributed by atoms with van der Waals surface area (Å²) in [6.07, 6.45) is 0. The van der Waals surface area contributed by atoms with Gasteiger partial charge in [0, 0.05) is 15.6 Å². The zero-order chi connectivity index (χ0) is 15.2. The Hall–Kier alpha value is -1.51. The molecule has 0 saturated carbocycles. The van der Waals surface area contributed by atoms with Gasteiger partial charge in [0.25, 0.3) is 0 Å². The van der Waals surface area contributed by atoms with Crippen LogP contribution in [0.4, 0.5) is 0 Å². The fourth-order valence-electron chi connectivity index (χ4n) is 2.19. The highest BCUT2D eigenvalue weighted by molar-refractivity contribution is 6.35. The maximum Gasteiger partial charge on any atom is 0.227 e. The van der Waals surface area contributed by atoms with Crippen molar-refractivity contribution in [3.8, 4) is 11.5 Å². The average molecular weight is 320 g/mol. The van der Waals surface area contributed by atoms with Crippen molar-refractivity contribution in [3.63, 3.8) is 0 Å². The van der Waals surface area contributed by atoms with Gasteiger partial charge in [-0.05, 0) is 41.3 Å². The van der Waals surface area contributed by atoms with E-state index in [0.29, 0.717) is 15.9 Å². The molecule has 3 rings (SSSR count). The fraction of sp³-hybridized carbons (Fsp3) is 0.235. The zero-order valence-corrected chi connectivity index (χ0v) is 13.6. The van der Waals surface area contributed by atoms with Crippen LogP contribution in [-0.2, 0) is 5.41 Å². The summed E-state index contributed by atoms with van der Waals surface area (Å²) in [4.78, 5) is 4.50. The molecule has 2 nitrogen and oxygen atoms in total. The summed E-state index contributed by atoms with van der Waals surface area (Å²) in [7, 11) is 0. The van der Waals surface area contributed by atoms with Crippen LogP contribution in [0.3, 0.4) is 0 Å². The van der Waals surface area contributed by atoms with Crippen LogP contribution in [-0.4, -0.2) is 4.98 Å². The number of oxazole rings is 1. The Morgan fingerprint density at radius 1 is 0.952 bits per heavy atom. The number of nitrogens with zero attached hydrogens (tertiary/aromatic N) is 1. The van der Waals surface area contributed by atoms with Crippen molar-refractivity contribution < 1.29 is 4.42 Å². The Bertz CT molecular complexity index is 795. The van der Waals surface area contributed by atoms with Gasteiger partial charge in [0.1, 0.15) is 5.52 Å². The molecular weight excluding hydrogens is 305 g/mol. The number of halogens is 2. The molecular formula is C17H15Cl2NO. The summed E-state index contributed by atoms with van der Waals surface area (Å²) >= 11 is 12.1.